The molecule has 134 valence electrons. The van der Waals surface area contributed by atoms with Gasteiger partial charge in [-0.25, -0.2) is 0 Å². The van der Waals surface area contributed by atoms with E-state index in [2.05, 4.69) is 15.5 Å². The maximum atomic E-state index is 12.0. The highest BCUT2D eigenvalue weighted by atomic mass is 35.5. The van der Waals surface area contributed by atoms with Crippen molar-refractivity contribution in [3.05, 3.63) is 57.6 Å². The Kier molecular flexibility index (Phi) is 5.44. The molecule has 0 atom stereocenters. The highest BCUT2D eigenvalue weighted by Crippen LogP contribution is 2.27. The molecule has 0 fully saturated rings. The smallest absolute Gasteiger partial charge is 0.322 e. The van der Waals surface area contributed by atoms with Crippen LogP contribution in [-0.4, -0.2) is 22.7 Å². The average molecular weight is 392 g/mol. The number of amides is 1. The Labute approximate surface area is 160 Å². The third-order valence-electron chi connectivity index (χ3n) is 3.55. The number of nitrogens with one attached hydrogen (secondary N) is 1. The second-order valence-electron chi connectivity index (χ2n) is 5.64. The summed E-state index contributed by atoms with van der Waals surface area (Å²) in [4.78, 5) is 12.0. The number of anilines is 1. The van der Waals surface area contributed by atoms with E-state index in [-0.39, 0.29) is 12.6 Å². The lowest BCUT2D eigenvalue weighted by Gasteiger charge is -2.07. The summed E-state index contributed by atoms with van der Waals surface area (Å²) in [5.41, 5.74) is 2.89. The van der Waals surface area contributed by atoms with Crippen molar-refractivity contribution in [2.75, 3.05) is 11.9 Å². The summed E-state index contributed by atoms with van der Waals surface area (Å²) in [6, 6.07) is 10.6. The number of ether oxygens (including phenoxy) is 1. The third-order valence-corrected chi connectivity index (χ3v) is 4.08. The van der Waals surface area contributed by atoms with Crippen molar-refractivity contribution >= 4 is 35.1 Å². The van der Waals surface area contributed by atoms with Gasteiger partial charge in [0.2, 0.25) is 5.89 Å². The zero-order valence-corrected chi connectivity index (χ0v) is 15.6. The quantitative estimate of drug-likeness (QED) is 0.682. The molecule has 6 nitrogen and oxygen atoms in total. The number of hydrogen-bond donors (Lipinski definition) is 1. The molecule has 26 heavy (non-hydrogen) atoms. The number of carbonyl (C=O) groups excluding carboxylic acids is 1. The molecule has 0 aliphatic heterocycles. The Morgan fingerprint density at radius 3 is 2.73 bits per heavy atom. The van der Waals surface area contributed by atoms with Gasteiger partial charge < -0.3 is 9.15 Å². The summed E-state index contributed by atoms with van der Waals surface area (Å²) >= 11 is 11.8. The number of hydrogen-bond acceptors (Lipinski definition) is 5. The second kappa shape index (κ2) is 7.76. The van der Waals surface area contributed by atoms with E-state index in [1.807, 2.05) is 32.0 Å². The normalized spacial score (nSPS) is 10.6. The largest absolute Gasteiger partial charge is 0.482 e. The number of rotatable bonds is 5. The minimum Gasteiger partial charge on any atom is -0.482 e. The fraction of sp³-hybridized carbons (Fsp3) is 0.167. The van der Waals surface area contributed by atoms with E-state index >= 15 is 0 Å². The van der Waals surface area contributed by atoms with Crippen LogP contribution < -0.4 is 10.1 Å². The summed E-state index contributed by atoms with van der Waals surface area (Å²) in [5.74, 6) is 0.239. The van der Waals surface area contributed by atoms with Crippen molar-refractivity contribution in [3.8, 4) is 17.2 Å². The molecule has 1 heterocycles. The average Bonchev–Trinajstić information content (AvgIpc) is 3.04. The molecule has 0 bridgehead atoms. The lowest BCUT2D eigenvalue weighted by molar-refractivity contribution is -0.118. The molecule has 0 aliphatic carbocycles. The number of aryl methyl sites for hydroxylation is 2. The molecule has 3 aromatic rings. The van der Waals surface area contributed by atoms with Crippen molar-refractivity contribution < 1.29 is 13.9 Å². The number of carbonyl (C=O) groups is 1. The third kappa shape index (κ3) is 4.33. The van der Waals surface area contributed by atoms with Gasteiger partial charge >= 0.3 is 6.01 Å². The highest BCUT2D eigenvalue weighted by molar-refractivity contribution is 6.35. The van der Waals surface area contributed by atoms with E-state index in [1.54, 1.807) is 12.1 Å². The second-order valence-corrected chi connectivity index (χ2v) is 6.49. The van der Waals surface area contributed by atoms with Crippen molar-refractivity contribution in [1.29, 1.82) is 0 Å². The molecule has 1 aromatic heterocycles. The van der Waals surface area contributed by atoms with Crippen LogP contribution in [0.2, 0.25) is 10.0 Å². The summed E-state index contributed by atoms with van der Waals surface area (Å²) in [6.45, 7) is 3.66. The first kappa shape index (κ1) is 18.2. The van der Waals surface area contributed by atoms with Crippen LogP contribution in [0, 0.1) is 13.8 Å². The van der Waals surface area contributed by atoms with Gasteiger partial charge in [-0.05, 0) is 43.7 Å². The van der Waals surface area contributed by atoms with Gasteiger partial charge in [-0.1, -0.05) is 46.0 Å². The van der Waals surface area contributed by atoms with E-state index in [0.29, 0.717) is 21.7 Å². The van der Waals surface area contributed by atoms with Crippen LogP contribution in [0.5, 0.6) is 5.75 Å². The molecule has 1 N–H and O–H groups in total. The maximum absolute atomic E-state index is 12.0. The Morgan fingerprint density at radius 1 is 1.15 bits per heavy atom. The first-order valence-corrected chi connectivity index (χ1v) is 8.47. The van der Waals surface area contributed by atoms with Crippen LogP contribution in [0.3, 0.4) is 0 Å². The van der Waals surface area contributed by atoms with E-state index in [9.17, 15) is 4.79 Å². The Hall–Kier alpha value is -2.57. The summed E-state index contributed by atoms with van der Waals surface area (Å²) in [6.07, 6.45) is 0. The van der Waals surface area contributed by atoms with Crippen LogP contribution >= 0.6 is 23.2 Å². The molecular weight excluding hydrogens is 377 g/mol. The molecule has 0 aliphatic rings. The van der Waals surface area contributed by atoms with Gasteiger partial charge in [0, 0.05) is 10.6 Å². The summed E-state index contributed by atoms with van der Waals surface area (Å²) in [5, 5.41) is 11.1. The van der Waals surface area contributed by atoms with E-state index in [1.165, 1.54) is 6.07 Å². The van der Waals surface area contributed by atoms with Gasteiger partial charge in [0.1, 0.15) is 5.75 Å². The van der Waals surface area contributed by atoms with Gasteiger partial charge in [0.15, 0.2) is 6.61 Å². The van der Waals surface area contributed by atoms with Gasteiger partial charge in [0.25, 0.3) is 5.91 Å². The maximum Gasteiger partial charge on any atom is 0.322 e. The molecule has 3 rings (SSSR count). The Bertz CT molecular complexity index is 957. The number of benzene rings is 2. The first-order chi connectivity index (χ1) is 12.4. The molecule has 1 amide bonds. The Morgan fingerprint density at radius 2 is 1.96 bits per heavy atom. The molecule has 0 spiro atoms. The molecule has 2 aromatic carbocycles. The van der Waals surface area contributed by atoms with Crippen molar-refractivity contribution in [3.63, 3.8) is 0 Å². The predicted octanol–water partition coefficient (Wildman–Crippen LogP) is 4.68. The van der Waals surface area contributed by atoms with Crippen molar-refractivity contribution in [2.45, 2.75) is 13.8 Å². The fourth-order valence-corrected chi connectivity index (χ4v) is 2.70. The summed E-state index contributed by atoms with van der Waals surface area (Å²) in [7, 11) is 0. The lowest BCUT2D eigenvalue weighted by Crippen LogP contribution is -2.20. The van der Waals surface area contributed by atoms with Crippen LogP contribution in [0.25, 0.3) is 11.5 Å². The summed E-state index contributed by atoms with van der Waals surface area (Å²) < 4.78 is 10.9. The van der Waals surface area contributed by atoms with Gasteiger partial charge in [-0.3, -0.25) is 10.1 Å². The molecule has 0 radical (unpaired) electrons. The SMILES string of the molecule is Cc1ccc(C)c(-c2nnc(NC(=O)COc3ccc(Cl)cc3Cl)o2)c1. The van der Waals surface area contributed by atoms with Crippen molar-refractivity contribution in [2.24, 2.45) is 0 Å². The van der Waals surface area contributed by atoms with Crippen molar-refractivity contribution in [1.82, 2.24) is 10.2 Å². The van der Waals surface area contributed by atoms with Gasteiger partial charge in [-0.2, -0.15) is 0 Å². The Balaban J connectivity index is 1.63. The van der Waals surface area contributed by atoms with Gasteiger partial charge in [-0.15, -0.1) is 5.10 Å². The standard InChI is InChI=1S/C18H15Cl2N3O3/c1-10-3-4-11(2)13(7-10)17-22-23-18(26-17)21-16(24)9-25-15-6-5-12(19)8-14(15)20/h3-8H,9H2,1-2H3,(H,21,23,24). The lowest BCUT2D eigenvalue weighted by atomic mass is 10.1. The molecule has 8 heteroatoms. The number of nitrogens with zero attached hydrogens (tertiary/aromatic N) is 2. The predicted molar refractivity (Wildman–Crippen MR) is 99.8 cm³/mol. The molecule has 0 saturated heterocycles. The monoisotopic (exact) mass is 391 g/mol. The van der Waals surface area contributed by atoms with Crippen LogP contribution in [0.1, 0.15) is 11.1 Å². The zero-order valence-electron chi connectivity index (χ0n) is 14.0. The molecular formula is C18H15Cl2N3O3. The zero-order chi connectivity index (χ0) is 18.7. The van der Waals surface area contributed by atoms with Crippen LogP contribution in [0.15, 0.2) is 40.8 Å². The highest BCUT2D eigenvalue weighted by Gasteiger charge is 2.14. The number of aromatic nitrogens is 2. The van der Waals surface area contributed by atoms with E-state index in [4.69, 9.17) is 32.4 Å². The minimum atomic E-state index is -0.452. The van der Waals surface area contributed by atoms with Gasteiger partial charge in [0.05, 0.1) is 5.02 Å². The molecule has 0 unspecified atom stereocenters. The fourth-order valence-electron chi connectivity index (χ4n) is 2.24. The topological polar surface area (TPSA) is 77.2 Å². The van der Waals surface area contributed by atoms with Crippen LogP contribution in [0.4, 0.5) is 6.01 Å². The van der Waals surface area contributed by atoms with E-state index in [0.717, 1.165) is 16.7 Å². The first-order valence-electron chi connectivity index (χ1n) is 7.71. The minimum absolute atomic E-state index is 0.00305. The number of halogens is 2. The van der Waals surface area contributed by atoms with E-state index < -0.39 is 5.91 Å². The van der Waals surface area contributed by atoms with Crippen LogP contribution in [-0.2, 0) is 4.79 Å². The molecule has 0 saturated carbocycles.